The molecule has 5 heteroatoms. The molecule has 1 heterocycles. The first-order valence-corrected chi connectivity index (χ1v) is 5.42. The van der Waals surface area contributed by atoms with Crippen molar-refractivity contribution in [3.63, 3.8) is 0 Å². The normalized spacial score (nSPS) is 12.2. The van der Waals surface area contributed by atoms with E-state index in [-0.39, 0.29) is 6.42 Å². The molecular weight excluding hydrogens is 232 g/mol. The smallest absolute Gasteiger partial charge is 0.333 e. The van der Waals surface area contributed by atoms with E-state index in [1.807, 2.05) is 6.07 Å². The molecule has 92 valence electrons. The molecule has 0 bridgehead atoms. The van der Waals surface area contributed by atoms with Crippen molar-refractivity contribution < 1.29 is 14.6 Å². The molecule has 0 saturated heterocycles. The Kier molecular flexibility index (Phi) is 3.31. The second kappa shape index (κ2) is 4.90. The van der Waals surface area contributed by atoms with Crippen molar-refractivity contribution in [2.45, 2.75) is 12.5 Å². The van der Waals surface area contributed by atoms with Gasteiger partial charge in [-0.3, -0.25) is 0 Å². The highest BCUT2D eigenvalue weighted by molar-refractivity contribution is 5.89. The van der Waals surface area contributed by atoms with E-state index in [0.29, 0.717) is 5.56 Å². The summed E-state index contributed by atoms with van der Waals surface area (Å²) in [6.45, 7) is 0. The van der Waals surface area contributed by atoms with Crippen LogP contribution in [0.1, 0.15) is 11.1 Å². The highest BCUT2D eigenvalue weighted by Crippen LogP contribution is 2.23. The van der Waals surface area contributed by atoms with Crippen molar-refractivity contribution in [2.75, 3.05) is 7.11 Å². The summed E-state index contributed by atoms with van der Waals surface area (Å²) in [5.74, 6) is -1.01. The molecule has 5 nitrogen and oxygen atoms in total. The molecule has 0 radical (unpaired) electrons. The van der Waals surface area contributed by atoms with Gasteiger partial charge in [0.15, 0.2) is 6.10 Å². The molecule has 1 atom stereocenters. The van der Waals surface area contributed by atoms with E-state index in [1.165, 1.54) is 7.11 Å². The highest BCUT2D eigenvalue weighted by Gasteiger charge is 2.19. The van der Waals surface area contributed by atoms with Crippen LogP contribution in [0.15, 0.2) is 24.4 Å². The van der Waals surface area contributed by atoms with E-state index in [4.69, 9.17) is 15.1 Å². The van der Waals surface area contributed by atoms with E-state index >= 15 is 0 Å². The lowest BCUT2D eigenvalue weighted by atomic mass is 10.0. The number of H-pyrrole nitrogens is 1. The number of nitrogens with one attached hydrogen (secondary N) is 1. The molecule has 0 spiro atoms. The van der Waals surface area contributed by atoms with Crippen molar-refractivity contribution in [3.05, 3.63) is 35.5 Å². The van der Waals surface area contributed by atoms with Crippen LogP contribution in [0.2, 0.25) is 0 Å². The van der Waals surface area contributed by atoms with Crippen LogP contribution in [0.5, 0.6) is 0 Å². The Bertz CT molecular complexity index is 625. The van der Waals surface area contributed by atoms with Crippen LogP contribution in [0.4, 0.5) is 0 Å². The number of aromatic amines is 1. The van der Waals surface area contributed by atoms with E-state index in [9.17, 15) is 4.79 Å². The van der Waals surface area contributed by atoms with Gasteiger partial charge in [0, 0.05) is 30.6 Å². The number of hydrogen-bond acceptors (Lipinski definition) is 3. The number of aliphatic carboxylic acids is 1. The fourth-order valence-electron chi connectivity index (χ4n) is 1.98. The maximum Gasteiger partial charge on any atom is 0.333 e. The first kappa shape index (κ1) is 12.1. The number of benzene rings is 1. The monoisotopic (exact) mass is 244 g/mol. The van der Waals surface area contributed by atoms with Crippen LogP contribution in [-0.4, -0.2) is 29.3 Å². The standard InChI is InChI=1S/C13H12N2O3/c1-18-11(13(16)17)5-9-7-15-10-4-2-3-8(6-14)12(9)10/h2-4,7,11,15H,5H2,1H3,(H,16,17)/t11-/m0/s1. The zero-order valence-electron chi connectivity index (χ0n) is 9.80. The Morgan fingerprint density at radius 3 is 3.00 bits per heavy atom. The molecular formula is C13H12N2O3. The molecule has 0 saturated carbocycles. The van der Waals surface area contributed by atoms with Crippen LogP contribution in [0.25, 0.3) is 10.9 Å². The average molecular weight is 244 g/mol. The van der Waals surface area contributed by atoms with Gasteiger partial charge in [0.2, 0.25) is 0 Å². The highest BCUT2D eigenvalue weighted by atomic mass is 16.5. The molecule has 0 aliphatic heterocycles. The molecule has 1 aromatic heterocycles. The van der Waals surface area contributed by atoms with Gasteiger partial charge in [-0.2, -0.15) is 5.26 Å². The lowest BCUT2D eigenvalue weighted by molar-refractivity contribution is -0.148. The van der Waals surface area contributed by atoms with Gasteiger partial charge in [0.05, 0.1) is 11.6 Å². The topological polar surface area (TPSA) is 86.1 Å². The van der Waals surface area contributed by atoms with E-state index in [1.54, 1.807) is 18.3 Å². The van der Waals surface area contributed by atoms with E-state index in [2.05, 4.69) is 11.1 Å². The number of nitriles is 1. The number of rotatable bonds is 4. The minimum Gasteiger partial charge on any atom is -0.479 e. The molecule has 1 aromatic carbocycles. The molecule has 0 aliphatic rings. The first-order valence-electron chi connectivity index (χ1n) is 5.42. The zero-order chi connectivity index (χ0) is 13.1. The van der Waals surface area contributed by atoms with Gasteiger partial charge in [0.25, 0.3) is 0 Å². The molecule has 18 heavy (non-hydrogen) atoms. The summed E-state index contributed by atoms with van der Waals surface area (Å²) in [7, 11) is 1.36. The predicted octanol–water partition coefficient (Wildman–Crippen LogP) is 1.68. The van der Waals surface area contributed by atoms with Crippen LogP contribution in [-0.2, 0) is 16.0 Å². The second-order valence-electron chi connectivity index (χ2n) is 3.92. The minimum absolute atomic E-state index is 0.227. The molecule has 2 rings (SSSR count). The number of carboxylic acid groups (broad SMARTS) is 1. The number of carboxylic acids is 1. The van der Waals surface area contributed by atoms with Gasteiger partial charge in [0.1, 0.15) is 0 Å². The van der Waals surface area contributed by atoms with Gasteiger partial charge >= 0.3 is 5.97 Å². The van der Waals surface area contributed by atoms with Gasteiger partial charge in [-0.1, -0.05) is 6.07 Å². The summed E-state index contributed by atoms with van der Waals surface area (Å²) in [5, 5.41) is 18.8. The van der Waals surface area contributed by atoms with Gasteiger partial charge in [-0.25, -0.2) is 4.79 Å². The minimum atomic E-state index is -1.01. The third kappa shape index (κ3) is 2.06. The maximum absolute atomic E-state index is 10.9. The van der Waals surface area contributed by atoms with Crippen LogP contribution in [0, 0.1) is 11.3 Å². The third-order valence-corrected chi connectivity index (χ3v) is 2.87. The summed E-state index contributed by atoms with van der Waals surface area (Å²) in [5.41, 5.74) is 2.13. The van der Waals surface area contributed by atoms with Crippen molar-refractivity contribution in [1.29, 1.82) is 5.26 Å². The molecule has 0 unspecified atom stereocenters. The van der Waals surface area contributed by atoms with Crippen molar-refractivity contribution in [2.24, 2.45) is 0 Å². The number of methoxy groups -OCH3 is 1. The number of hydrogen-bond donors (Lipinski definition) is 2. The predicted molar refractivity (Wildman–Crippen MR) is 65.2 cm³/mol. The van der Waals surface area contributed by atoms with Gasteiger partial charge < -0.3 is 14.8 Å². The lowest BCUT2D eigenvalue weighted by Gasteiger charge is -2.09. The SMILES string of the molecule is CO[C@@H](Cc1c[nH]c2cccc(C#N)c12)C(=O)O. The van der Waals surface area contributed by atoms with Gasteiger partial charge in [-0.05, 0) is 17.7 Å². The largest absolute Gasteiger partial charge is 0.479 e. The second-order valence-corrected chi connectivity index (χ2v) is 3.92. The van der Waals surface area contributed by atoms with Crippen LogP contribution < -0.4 is 0 Å². The van der Waals surface area contributed by atoms with Crippen molar-refractivity contribution in [1.82, 2.24) is 4.98 Å². The lowest BCUT2D eigenvalue weighted by Crippen LogP contribution is -2.24. The number of nitrogens with zero attached hydrogens (tertiary/aromatic N) is 1. The van der Waals surface area contributed by atoms with Crippen LogP contribution in [0.3, 0.4) is 0 Å². The molecule has 0 aliphatic carbocycles. The quantitative estimate of drug-likeness (QED) is 0.856. The Morgan fingerprint density at radius 1 is 1.61 bits per heavy atom. The number of carbonyl (C=O) groups is 1. The van der Waals surface area contributed by atoms with Crippen molar-refractivity contribution >= 4 is 16.9 Å². The maximum atomic E-state index is 10.9. The molecule has 2 N–H and O–H groups in total. The van der Waals surface area contributed by atoms with Crippen LogP contribution >= 0.6 is 0 Å². The fourth-order valence-corrected chi connectivity index (χ4v) is 1.98. The summed E-state index contributed by atoms with van der Waals surface area (Å²) in [6.07, 6.45) is 1.04. The van der Waals surface area contributed by atoms with Gasteiger partial charge in [-0.15, -0.1) is 0 Å². The van der Waals surface area contributed by atoms with Crippen molar-refractivity contribution in [3.8, 4) is 6.07 Å². The zero-order valence-corrected chi connectivity index (χ0v) is 9.80. The number of ether oxygens (including phenoxy) is 1. The Morgan fingerprint density at radius 2 is 2.39 bits per heavy atom. The number of aromatic nitrogens is 1. The average Bonchev–Trinajstić information content (AvgIpc) is 2.78. The Balaban J connectivity index is 2.46. The van der Waals surface area contributed by atoms with E-state index < -0.39 is 12.1 Å². The molecule has 2 aromatic rings. The summed E-state index contributed by atoms with van der Waals surface area (Å²) >= 11 is 0. The summed E-state index contributed by atoms with van der Waals surface area (Å²) in [6, 6.07) is 7.45. The molecule has 0 amide bonds. The first-order chi connectivity index (χ1) is 8.67. The Labute approximate surface area is 104 Å². The fraction of sp³-hybridized carbons (Fsp3) is 0.231. The van der Waals surface area contributed by atoms with E-state index in [0.717, 1.165) is 16.5 Å². The Hall–Kier alpha value is -2.32. The third-order valence-electron chi connectivity index (χ3n) is 2.87. The molecule has 0 fully saturated rings. The number of fused-ring (bicyclic) bond motifs is 1. The summed E-state index contributed by atoms with van der Waals surface area (Å²) in [4.78, 5) is 14.0. The summed E-state index contributed by atoms with van der Waals surface area (Å²) < 4.78 is 4.91.